The second-order valence-corrected chi connectivity index (χ2v) is 2.82. The zero-order valence-electron chi connectivity index (χ0n) is 7.50. The molecule has 1 heterocycles. The molecule has 0 saturated carbocycles. The van der Waals surface area contributed by atoms with Crippen LogP contribution in [0.15, 0.2) is 18.7 Å². The van der Waals surface area contributed by atoms with Crippen LogP contribution in [0.1, 0.15) is 6.42 Å². The monoisotopic (exact) mass is 208 g/mol. The van der Waals surface area contributed by atoms with Crippen LogP contribution in [0.2, 0.25) is 0 Å². The van der Waals surface area contributed by atoms with Crippen LogP contribution in [0.25, 0.3) is 0 Å². The zero-order valence-corrected chi connectivity index (χ0v) is 7.50. The highest BCUT2D eigenvalue weighted by atomic mass is 19.4. The molecule has 0 N–H and O–H groups in total. The van der Waals surface area contributed by atoms with Crippen LogP contribution in [-0.2, 0) is 11.3 Å². The van der Waals surface area contributed by atoms with Crippen molar-refractivity contribution in [3.05, 3.63) is 18.7 Å². The van der Waals surface area contributed by atoms with Crippen LogP contribution in [0, 0.1) is 0 Å². The highest BCUT2D eigenvalue weighted by Crippen LogP contribution is 2.14. The Labute approximate surface area is 79.5 Å². The first-order valence-electron chi connectivity index (χ1n) is 4.18. The first kappa shape index (κ1) is 11.0. The summed E-state index contributed by atoms with van der Waals surface area (Å²) in [6.45, 7) is -0.438. The van der Waals surface area contributed by atoms with E-state index in [9.17, 15) is 13.2 Å². The van der Waals surface area contributed by atoms with E-state index in [1.54, 1.807) is 23.3 Å². The minimum Gasteiger partial charge on any atom is -0.372 e. The lowest BCUT2D eigenvalue weighted by molar-refractivity contribution is -0.174. The fourth-order valence-corrected chi connectivity index (χ4v) is 0.956. The summed E-state index contributed by atoms with van der Waals surface area (Å²) in [5.41, 5.74) is 0. The number of rotatable bonds is 5. The Morgan fingerprint density at radius 1 is 1.36 bits per heavy atom. The van der Waals surface area contributed by atoms with Gasteiger partial charge in [0, 0.05) is 25.5 Å². The largest absolute Gasteiger partial charge is 0.411 e. The fourth-order valence-electron chi connectivity index (χ4n) is 0.956. The van der Waals surface area contributed by atoms with E-state index in [0.717, 1.165) is 0 Å². The molecule has 0 radical (unpaired) electrons. The number of alkyl halides is 3. The van der Waals surface area contributed by atoms with Gasteiger partial charge in [0.25, 0.3) is 0 Å². The van der Waals surface area contributed by atoms with Crippen molar-refractivity contribution in [1.82, 2.24) is 9.55 Å². The third-order valence-corrected chi connectivity index (χ3v) is 1.53. The van der Waals surface area contributed by atoms with Gasteiger partial charge in [0.1, 0.15) is 6.61 Å². The summed E-state index contributed by atoms with van der Waals surface area (Å²) in [6, 6.07) is 0. The molecule has 1 aromatic heterocycles. The molecule has 0 amide bonds. The SMILES string of the molecule is FC(F)(F)COCCCn1ccnc1. The van der Waals surface area contributed by atoms with Gasteiger partial charge in [-0.1, -0.05) is 0 Å². The maximum atomic E-state index is 11.6. The van der Waals surface area contributed by atoms with Crippen molar-refractivity contribution >= 4 is 0 Å². The average Bonchev–Trinajstić information content (AvgIpc) is 2.54. The molecule has 0 fully saturated rings. The van der Waals surface area contributed by atoms with E-state index in [2.05, 4.69) is 9.72 Å². The quantitative estimate of drug-likeness (QED) is 0.690. The molecule has 0 unspecified atom stereocenters. The molecule has 80 valence electrons. The van der Waals surface area contributed by atoms with E-state index in [0.29, 0.717) is 13.0 Å². The fraction of sp³-hybridized carbons (Fsp3) is 0.625. The van der Waals surface area contributed by atoms with Gasteiger partial charge < -0.3 is 9.30 Å². The zero-order chi connectivity index (χ0) is 10.4. The van der Waals surface area contributed by atoms with E-state index < -0.39 is 12.8 Å². The van der Waals surface area contributed by atoms with Crippen molar-refractivity contribution in [2.24, 2.45) is 0 Å². The van der Waals surface area contributed by atoms with Gasteiger partial charge in [0.05, 0.1) is 6.33 Å². The van der Waals surface area contributed by atoms with Gasteiger partial charge in [0.2, 0.25) is 0 Å². The molecule has 0 saturated heterocycles. The molecule has 1 aromatic rings. The molecule has 0 aliphatic rings. The Bertz CT molecular complexity index is 246. The maximum absolute atomic E-state index is 11.6. The Hall–Kier alpha value is -1.04. The topological polar surface area (TPSA) is 27.1 Å². The van der Waals surface area contributed by atoms with Crippen molar-refractivity contribution < 1.29 is 17.9 Å². The number of imidazole rings is 1. The van der Waals surface area contributed by atoms with Crippen LogP contribution in [0.3, 0.4) is 0 Å². The molecule has 0 aliphatic heterocycles. The number of aromatic nitrogens is 2. The Morgan fingerprint density at radius 2 is 2.14 bits per heavy atom. The summed E-state index contributed by atoms with van der Waals surface area (Å²) in [5, 5.41) is 0. The molecular formula is C8H11F3N2O. The Morgan fingerprint density at radius 3 is 2.71 bits per heavy atom. The maximum Gasteiger partial charge on any atom is 0.411 e. The number of hydrogen-bond acceptors (Lipinski definition) is 2. The molecule has 0 atom stereocenters. The van der Waals surface area contributed by atoms with Crippen molar-refractivity contribution in [3.63, 3.8) is 0 Å². The minimum absolute atomic E-state index is 0.109. The highest BCUT2D eigenvalue weighted by molar-refractivity contribution is 4.73. The minimum atomic E-state index is -4.23. The third-order valence-electron chi connectivity index (χ3n) is 1.53. The standard InChI is InChI=1S/C8H11F3N2O/c9-8(10,11)6-14-5-1-3-13-4-2-12-7-13/h2,4,7H,1,3,5-6H2. The lowest BCUT2D eigenvalue weighted by Crippen LogP contribution is -2.17. The lowest BCUT2D eigenvalue weighted by atomic mass is 10.4. The van der Waals surface area contributed by atoms with E-state index in [-0.39, 0.29) is 6.61 Å². The summed E-state index contributed by atoms with van der Waals surface area (Å²) >= 11 is 0. The van der Waals surface area contributed by atoms with E-state index in [4.69, 9.17) is 0 Å². The van der Waals surface area contributed by atoms with Crippen molar-refractivity contribution in [2.45, 2.75) is 19.1 Å². The summed E-state index contributed by atoms with van der Waals surface area (Å²) < 4.78 is 41.1. The smallest absolute Gasteiger partial charge is 0.372 e. The first-order chi connectivity index (χ1) is 6.58. The van der Waals surface area contributed by atoms with Gasteiger partial charge in [-0.05, 0) is 6.42 Å². The normalized spacial score (nSPS) is 11.9. The van der Waals surface area contributed by atoms with Gasteiger partial charge in [-0.25, -0.2) is 4.98 Å². The molecule has 0 aromatic carbocycles. The highest BCUT2D eigenvalue weighted by Gasteiger charge is 2.27. The summed E-state index contributed by atoms with van der Waals surface area (Å²) in [6.07, 6.45) is 1.31. The van der Waals surface area contributed by atoms with Crippen LogP contribution in [0.4, 0.5) is 13.2 Å². The molecule has 1 rings (SSSR count). The number of halogens is 3. The van der Waals surface area contributed by atoms with Gasteiger partial charge in [-0.15, -0.1) is 0 Å². The van der Waals surface area contributed by atoms with Gasteiger partial charge >= 0.3 is 6.18 Å². The van der Waals surface area contributed by atoms with E-state index >= 15 is 0 Å². The molecule has 0 aliphatic carbocycles. The first-order valence-corrected chi connectivity index (χ1v) is 4.18. The molecule has 3 nitrogen and oxygen atoms in total. The average molecular weight is 208 g/mol. The predicted octanol–water partition coefficient (Wildman–Crippen LogP) is 1.85. The molecular weight excluding hydrogens is 197 g/mol. The number of nitrogens with zero attached hydrogens (tertiary/aromatic N) is 2. The number of hydrogen-bond donors (Lipinski definition) is 0. The van der Waals surface area contributed by atoms with Gasteiger partial charge in [-0.2, -0.15) is 13.2 Å². The van der Waals surface area contributed by atoms with Crippen LogP contribution < -0.4 is 0 Å². The van der Waals surface area contributed by atoms with Crippen molar-refractivity contribution in [1.29, 1.82) is 0 Å². The van der Waals surface area contributed by atoms with Crippen molar-refractivity contribution in [3.8, 4) is 0 Å². The Balaban J connectivity index is 2.00. The summed E-state index contributed by atoms with van der Waals surface area (Å²) in [7, 11) is 0. The third kappa shape index (κ3) is 4.86. The van der Waals surface area contributed by atoms with E-state index in [1.807, 2.05) is 0 Å². The molecule has 14 heavy (non-hydrogen) atoms. The molecule has 6 heteroatoms. The number of ether oxygens (including phenoxy) is 1. The van der Waals surface area contributed by atoms with Crippen LogP contribution in [0.5, 0.6) is 0 Å². The molecule has 0 spiro atoms. The van der Waals surface area contributed by atoms with Gasteiger partial charge in [0.15, 0.2) is 0 Å². The second kappa shape index (κ2) is 4.99. The van der Waals surface area contributed by atoms with Crippen LogP contribution in [-0.4, -0.2) is 28.9 Å². The Kier molecular flexibility index (Phi) is 3.94. The van der Waals surface area contributed by atoms with Crippen molar-refractivity contribution in [2.75, 3.05) is 13.2 Å². The molecule has 0 bridgehead atoms. The van der Waals surface area contributed by atoms with Crippen LogP contribution >= 0.6 is 0 Å². The van der Waals surface area contributed by atoms with E-state index in [1.165, 1.54) is 0 Å². The predicted molar refractivity (Wildman–Crippen MR) is 43.7 cm³/mol. The summed E-state index contributed by atoms with van der Waals surface area (Å²) in [4.78, 5) is 3.80. The summed E-state index contributed by atoms with van der Waals surface area (Å²) in [5.74, 6) is 0. The second-order valence-electron chi connectivity index (χ2n) is 2.82. The number of aryl methyl sites for hydroxylation is 1. The van der Waals surface area contributed by atoms with Gasteiger partial charge in [-0.3, -0.25) is 0 Å². The lowest BCUT2D eigenvalue weighted by Gasteiger charge is -2.07.